The molecule has 0 N–H and O–H groups in total. The monoisotopic (exact) mass is 361 g/mol. The van der Waals surface area contributed by atoms with Crippen LogP contribution in [0.25, 0.3) is 22.2 Å². The molecule has 0 amide bonds. The molecule has 0 aliphatic heterocycles. The lowest BCUT2D eigenvalue weighted by atomic mass is 9.97. The van der Waals surface area contributed by atoms with Crippen LogP contribution in [0.5, 0.6) is 0 Å². The number of carbonyl (C=O) groups excluding carboxylic acids is 1. The molecule has 2 aromatic heterocycles. The van der Waals surface area contributed by atoms with Crippen molar-refractivity contribution < 1.29 is 13.9 Å². The first-order valence-electron chi connectivity index (χ1n) is 7.73. The number of hydrogen-bond donors (Lipinski definition) is 0. The molecule has 1 aromatic carbocycles. The van der Waals surface area contributed by atoms with Gasteiger partial charge in [0.1, 0.15) is 11.0 Å². The summed E-state index contributed by atoms with van der Waals surface area (Å²) in [4.78, 5) is 20.1. The largest absolute Gasteiger partial charge is 0.463 e. The number of methoxy groups -OCH3 is 1. The number of aromatic nitrogens is 3. The molecule has 7 heteroatoms. The molecular formula is C18H17ClFN3O2. The quantitative estimate of drug-likeness (QED) is 0.514. The maximum absolute atomic E-state index is 14.6. The van der Waals surface area contributed by atoms with E-state index in [-0.39, 0.29) is 11.7 Å². The predicted molar refractivity (Wildman–Crippen MR) is 94.3 cm³/mol. The third-order valence-electron chi connectivity index (χ3n) is 4.04. The molecule has 0 bridgehead atoms. The number of hydrogen-bond acceptors (Lipinski definition) is 4. The number of nitrogens with zero attached hydrogens (tertiary/aromatic N) is 3. The molecule has 0 radical (unpaired) electrons. The molecule has 3 rings (SSSR count). The molecule has 2 heterocycles. The van der Waals surface area contributed by atoms with Crippen LogP contribution in [-0.2, 0) is 11.8 Å². The number of halogens is 2. The van der Waals surface area contributed by atoms with Gasteiger partial charge in [-0.2, -0.15) is 0 Å². The van der Waals surface area contributed by atoms with E-state index in [4.69, 9.17) is 11.6 Å². The van der Waals surface area contributed by atoms with Gasteiger partial charge in [0.05, 0.1) is 18.3 Å². The van der Waals surface area contributed by atoms with Crippen molar-refractivity contribution in [2.45, 2.75) is 19.8 Å². The highest BCUT2D eigenvalue weighted by Gasteiger charge is 2.19. The maximum atomic E-state index is 14.6. The second-order valence-corrected chi connectivity index (χ2v) is 6.48. The Balaban J connectivity index is 2.24. The summed E-state index contributed by atoms with van der Waals surface area (Å²) in [5.41, 5.74) is 2.11. The fourth-order valence-corrected chi connectivity index (χ4v) is 3.00. The van der Waals surface area contributed by atoms with Gasteiger partial charge in [0, 0.05) is 30.3 Å². The summed E-state index contributed by atoms with van der Waals surface area (Å²) in [6.45, 7) is 4.06. The van der Waals surface area contributed by atoms with E-state index in [2.05, 4.69) is 14.7 Å². The molecule has 0 aliphatic carbocycles. The smallest absolute Gasteiger partial charge is 0.374 e. The zero-order valence-corrected chi connectivity index (χ0v) is 15.1. The average molecular weight is 362 g/mol. The summed E-state index contributed by atoms with van der Waals surface area (Å²) in [6, 6.07) is 4.83. The summed E-state index contributed by atoms with van der Waals surface area (Å²) in [5, 5.41) is 1.13. The Morgan fingerprint density at radius 1 is 1.28 bits per heavy atom. The van der Waals surface area contributed by atoms with Crippen LogP contribution in [0.15, 0.2) is 24.4 Å². The van der Waals surface area contributed by atoms with Crippen molar-refractivity contribution in [1.82, 2.24) is 14.5 Å². The standard InChI is InChI=1S/C18H17ClFN3O2/c1-9(2)10-6-16(19)21-14-7-13(20)12(5-11(10)14)15-8-23(3)17(22-15)18(24)25-4/h5-9H,1-4H3. The van der Waals surface area contributed by atoms with Crippen molar-refractivity contribution in [2.24, 2.45) is 7.05 Å². The third-order valence-corrected chi connectivity index (χ3v) is 4.23. The summed E-state index contributed by atoms with van der Waals surface area (Å²) in [6.07, 6.45) is 1.59. The zero-order valence-electron chi connectivity index (χ0n) is 14.3. The normalized spacial score (nSPS) is 11.3. The topological polar surface area (TPSA) is 57.0 Å². The Bertz CT molecular complexity index is 982. The van der Waals surface area contributed by atoms with Crippen LogP contribution < -0.4 is 0 Å². The van der Waals surface area contributed by atoms with Gasteiger partial charge in [-0.15, -0.1) is 0 Å². The van der Waals surface area contributed by atoms with Gasteiger partial charge in [-0.05, 0) is 23.6 Å². The van der Waals surface area contributed by atoms with Crippen LogP contribution in [-0.4, -0.2) is 27.6 Å². The lowest BCUT2D eigenvalue weighted by molar-refractivity contribution is 0.0583. The summed E-state index contributed by atoms with van der Waals surface area (Å²) >= 11 is 6.05. The second-order valence-electron chi connectivity index (χ2n) is 6.09. The summed E-state index contributed by atoms with van der Waals surface area (Å²) < 4.78 is 20.8. The van der Waals surface area contributed by atoms with Crippen LogP contribution in [0.1, 0.15) is 35.9 Å². The Labute approximate surface area is 149 Å². The number of pyridine rings is 1. The molecule has 0 spiro atoms. The van der Waals surface area contributed by atoms with Crippen LogP contribution in [0.3, 0.4) is 0 Å². The number of benzene rings is 1. The number of aryl methyl sites for hydroxylation is 1. The second kappa shape index (κ2) is 6.44. The van der Waals surface area contributed by atoms with Gasteiger partial charge < -0.3 is 9.30 Å². The first kappa shape index (κ1) is 17.4. The highest BCUT2D eigenvalue weighted by Crippen LogP contribution is 2.32. The third kappa shape index (κ3) is 3.09. The molecule has 0 atom stereocenters. The Morgan fingerprint density at radius 2 is 2.00 bits per heavy atom. The molecule has 130 valence electrons. The van der Waals surface area contributed by atoms with E-state index >= 15 is 0 Å². The molecular weight excluding hydrogens is 345 g/mol. The number of carbonyl (C=O) groups is 1. The number of esters is 1. The molecule has 5 nitrogen and oxygen atoms in total. The minimum Gasteiger partial charge on any atom is -0.463 e. The van der Waals surface area contributed by atoms with Gasteiger partial charge in [-0.3, -0.25) is 0 Å². The fraction of sp³-hybridized carbons (Fsp3) is 0.278. The van der Waals surface area contributed by atoms with Gasteiger partial charge in [-0.25, -0.2) is 19.2 Å². The maximum Gasteiger partial charge on any atom is 0.374 e. The van der Waals surface area contributed by atoms with E-state index in [0.717, 1.165) is 10.9 Å². The predicted octanol–water partition coefficient (Wildman–Crippen LogP) is 4.34. The number of ether oxygens (including phenoxy) is 1. The van der Waals surface area contributed by atoms with E-state index in [0.29, 0.717) is 21.9 Å². The molecule has 0 unspecified atom stereocenters. The highest BCUT2D eigenvalue weighted by molar-refractivity contribution is 6.30. The lowest BCUT2D eigenvalue weighted by Crippen LogP contribution is -2.08. The minimum atomic E-state index is -0.578. The van der Waals surface area contributed by atoms with Crippen molar-refractivity contribution in [3.05, 3.63) is 46.8 Å². The molecule has 25 heavy (non-hydrogen) atoms. The van der Waals surface area contributed by atoms with Crippen molar-refractivity contribution >= 4 is 28.5 Å². The van der Waals surface area contributed by atoms with Gasteiger partial charge in [0.15, 0.2) is 0 Å². The van der Waals surface area contributed by atoms with E-state index in [9.17, 15) is 9.18 Å². The first-order valence-corrected chi connectivity index (χ1v) is 8.11. The van der Waals surface area contributed by atoms with E-state index < -0.39 is 11.8 Å². The fourth-order valence-electron chi connectivity index (χ4n) is 2.79. The number of imidazole rings is 1. The summed E-state index contributed by atoms with van der Waals surface area (Å²) in [7, 11) is 2.93. The number of fused-ring (bicyclic) bond motifs is 1. The Kier molecular flexibility index (Phi) is 4.47. The highest BCUT2D eigenvalue weighted by atomic mass is 35.5. The zero-order chi connectivity index (χ0) is 18.3. The molecule has 0 fully saturated rings. The van der Waals surface area contributed by atoms with Crippen LogP contribution in [0.4, 0.5) is 4.39 Å². The van der Waals surface area contributed by atoms with Crippen molar-refractivity contribution in [2.75, 3.05) is 7.11 Å². The van der Waals surface area contributed by atoms with Gasteiger partial charge in [0.25, 0.3) is 0 Å². The van der Waals surface area contributed by atoms with Crippen LogP contribution in [0.2, 0.25) is 5.15 Å². The van der Waals surface area contributed by atoms with E-state index in [1.165, 1.54) is 17.7 Å². The molecule has 0 saturated heterocycles. The van der Waals surface area contributed by atoms with Gasteiger partial charge in [-0.1, -0.05) is 25.4 Å². The lowest BCUT2D eigenvalue weighted by Gasteiger charge is -2.12. The van der Waals surface area contributed by atoms with E-state index in [1.807, 2.05) is 13.8 Å². The van der Waals surface area contributed by atoms with Gasteiger partial charge in [0.2, 0.25) is 5.82 Å². The Morgan fingerprint density at radius 3 is 2.64 bits per heavy atom. The Hall–Kier alpha value is -2.47. The van der Waals surface area contributed by atoms with Crippen molar-refractivity contribution in [3.8, 4) is 11.3 Å². The van der Waals surface area contributed by atoms with Crippen LogP contribution >= 0.6 is 11.6 Å². The summed E-state index contributed by atoms with van der Waals surface area (Å²) in [5.74, 6) is -0.760. The molecule has 3 aromatic rings. The SMILES string of the molecule is COC(=O)c1nc(-c2cc3c(C(C)C)cc(Cl)nc3cc2F)cn1C. The minimum absolute atomic E-state index is 0.107. The average Bonchev–Trinajstić information content (AvgIpc) is 2.94. The van der Waals surface area contributed by atoms with Crippen LogP contribution in [0, 0.1) is 5.82 Å². The van der Waals surface area contributed by atoms with E-state index in [1.54, 1.807) is 25.4 Å². The first-order chi connectivity index (χ1) is 11.8. The van der Waals surface area contributed by atoms with Gasteiger partial charge >= 0.3 is 5.97 Å². The molecule has 0 saturated carbocycles. The van der Waals surface area contributed by atoms with Crippen molar-refractivity contribution in [3.63, 3.8) is 0 Å². The number of rotatable bonds is 3. The molecule has 0 aliphatic rings. The van der Waals surface area contributed by atoms with Crippen molar-refractivity contribution in [1.29, 1.82) is 0 Å².